The van der Waals surface area contributed by atoms with Crippen molar-refractivity contribution in [3.8, 4) is 28.8 Å². The lowest BCUT2D eigenvalue weighted by Crippen LogP contribution is -2.19. The Bertz CT molecular complexity index is 1070. The lowest BCUT2D eigenvalue weighted by atomic mass is 10.1. The molecule has 1 aromatic heterocycles. The SMILES string of the molecule is C=CCOc1ccc(-c2nn(-c3ccccc3)cc2C=C(C#N)C(=O)NC)cc1. The molecule has 1 heterocycles. The maximum absolute atomic E-state index is 12.0. The van der Waals surface area contributed by atoms with Crippen LogP contribution in [0.2, 0.25) is 0 Å². The molecule has 0 fully saturated rings. The van der Waals surface area contributed by atoms with Crippen LogP contribution in [0, 0.1) is 11.3 Å². The van der Waals surface area contributed by atoms with Gasteiger partial charge < -0.3 is 10.1 Å². The Morgan fingerprint density at radius 2 is 1.97 bits per heavy atom. The van der Waals surface area contributed by atoms with Crippen LogP contribution in [0.1, 0.15) is 5.56 Å². The molecule has 29 heavy (non-hydrogen) atoms. The van der Waals surface area contributed by atoms with E-state index in [0.29, 0.717) is 17.9 Å². The molecule has 1 amide bonds. The topological polar surface area (TPSA) is 79.9 Å². The fraction of sp³-hybridized carbons (Fsp3) is 0.0870. The Morgan fingerprint density at radius 1 is 1.24 bits per heavy atom. The first kappa shape index (κ1) is 19.6. The van der Waals surface area contributed by atoms with Crippen LogP contribution in [0.5, 0.6) is 5.75 Å². The fourth-order valence-corrected chi connectivity index (χ4v) is 2.73. The monoisotopic (exact) mass is 384 g/mol. The number of carbonyl (C=O) groups excluding carboxylic acids is 1. The summed E-state index contributed by atoms with van der Waals surface area (Å²) in [6, 6.07) is 19.0. The van der Waals surface area contributed by atoms with Gasteiger partial charge in [-0.15, -0.1) is 0 Å². The molecule has 0 radical (unpaired) electrons. The van der Waals surface area contributed by atoms with Crippen molar-refractivity contribution in [2.45, 2.75) is 0 Å². The van der Waals surface area contributed by atoms with Gasteiger partial charge in [0.05, 0.1) is 11.4 Å². The van der Waals surface area contributed by atoms with E-state index >= 15 is 0 Å². The highest BCUT2D eigenvalue weighted by Crippen LogP contribution is 2.27. The molecular weight excluding hydrogens is 364 g/mol. The summed E-state index contributed by atoms with van der Waals surface area (Å²) in [4.78, 5) is 12.0. The van der Waals surface area contributed by atoms with Crippen LogP contribution < -0.4 is 10.1 Å². The number of para-hydroxylation sites is 1. The van der Waals surface area contributed by atoms with Crippen LogP contribution in [0.25, 0.3) is 23.0 Å². The van der Waals surface area contributed by atoms with E-state index in [0.717, 1.165) is 17.0 Å². The highest BCUT2D eigenvalue weighted by Gasteiger charge is 2.14. The third-order valence-corrected chi connectivity index (χ3v) is 4.15. The summed E-state index contributed by atoms with van der Waals surface area (Å²) in [6.07, 6.45) is 5.02. The number of hydrogen-bond acceptors (Lipinski definition) is 4. The van der Waals surface area contributed by atoms with E-state index in [1.165, 1.54) is 7.05 Å². The van der Waals surface area contributed by atoms with E-state index < -0.39 is 5.91 Å². The van der Waals surface area contributed by atoms with Crippen molar-refractivity contribution in [3.63, 3.8) is 0 Å². The van der Waals surface area contributed by atoms with Crippen molar-refractivity contribution < 1.29 is 9.53 Å². The average Bonchev–Trinajstić information content (AvgIpc) is 3.20. The molecular formula is C23H20N4O2. The lowest BCUT2D eigenvalue weighted by molar-refractivity contribution is -0.116. The molecule has 6 nitrogen and oxygen atoms in total. The van der Waals surface area contributed by atoms with Gasteiger partial charge in [0.2, 0.25) is 0 Å². The van der Waals surface area contributed by atoms with Gasteiger partial charge in [0, 0.05) is 24.4 Å². The van der Waals surface area contributed by atoms with E-state index in [1.807, 2.05) is 60.7 Å². The Balaban J connectivity index is 2.08. The van der Waals surface area contributed by atoms with Crippen LogP contribution >= 0.6 is 0 Å². The zero-order chi connectivity index (χ0) is 20.6. The van der Waals surface area contributed by atoms with E-state index in [-0.39, 0.29) is 5.57 Å². The van der Waals surface area contributed by atoms with Crippen molar-refractivity contribution in [2.24, 2.45) is 0 Å². The number of carbonyl (C=O) groups is 1. The van der Waals surface area contributed by atoms with Crippen molar-refractivity contribution in [1.82, 2.24) is 15.1 Å². The number of benzene rings is 2. The highest BCUT2D eigenvalue weighted by atomic mass is 16.5. The van der Waals surface area contributed by atoms with Gasteiger partial charge in [0.1, 0.15) is 24.0 Å². The maximum atomic E-state index is 12.0. The zero-order valence-corrected chi connectivity index (χ0v) is 16.0. The standard InChI is InChI=1S/C23H20N4O2/c1-3-13-29-21-11-9-17(10-12-21)22-19(14-18(15-24)23(28)25-2)16-27(26-22)20-7-5-4-6-8-20/h3-12,14,16H,1,13H2,2H3,(H,25,28). The minimum absolute atomic E-state index is 0.00676. The normalized spacial score (nSPS) is 10.8. The van der Waals surface area contributed by atoms with Crippen molar-refractivity contribution in [2.75, 3.05) is 13.7 Å². The van der Waals surface area contributed by atoms with E-state index in [2.05, 4.69) is 17.0 Å². The van der Waals surface area contributed by atoms with Crippen LogP contribution in [0.15, 0.2) is 79.0 Å². The van der Waals surface area contributed by atoms with Gasteiger partial charge in [-0.05, 0) is 42.5 Å². The van der Waals surface area contributed by atoms with Gasteiger partial charge in [-0.25, -0.2) is 4.68 Å². The molecule has 144 valence electrons. The summed E-state index contributed by atoms with van der Waals surface area (Å²) in [6.45, 7) is 4.06. The van der Waals surface area contributed by atoms with Crippen LogP contribution in [0.4, 0.5) is 0 Å². The molecule has 0 atom stereocenters. The van der Waals surface area contributed by atoms with E-state index in [9.17, 15) is 10.1 Å². The van der Waals surface area contributed by atoms with Crippen molar-refractivity contribution in [3.05, 3.63) is 84.6 Å². The number of hydrogen-bond donors (Lipinski definition) is 1. The molecule has 2 aromatic carbocycles. The first-order valence-corrected chi connectivity index (χ1v) is 8.99. The number of aromatic nitrogens is 2. The van der Waals surface area contributed by atoms with Crippen LogP contribution in [-0.4, -0.2) is 29.3 Å². The lowest BCUT2D eigenvalue weighted by Gasteiger charge is -2.05. The Hall–Kier alpha value is -4.11. The summed E-state index contributed by atoms with van der Waals surface area (Å²) in [7, 11) is 1.49. The molecule has 0 bridgehead atoms. The molecule has 0 aliphatic rings. The molecule has 0 unspecified atom stereocenters. The van der Waals surface area contributed by atoms with Gasteiger partial charge in [0.25, 0.3) is 5.91 Å². The highest BCUT2D eigenvalue weighted by molar-refractivity contribution is 6.02. The molecule has 1 N–H and O–H groups in total. The first-order chi connectivity index (χ1) is 14.2. The summed E-state index contributed by atoms with van der Waals surface area (Å²) >= 11 is 0. The second-order valence-corrected chi connectivity index (χ2v) is 6.09. The fourth-order valence-electron chi connectivity index (χ4n) is 2.73. The predicted octanol–water partition coefficient (Wildman–Crippen LogP) is 3.76. The predicted molar refractivity (Wildman–Crippen MR) is 112 cm³/mol. The Kier molecular flexibility index (Phi) is 6.23. The van der Waals surface area contributed by atoms with E-state index in [4.69, 9.17) is 4.74 Å². The molecule has 0 saturated carbocycles. The number of ether oxygens (including phenoxy) is 1. The van der Waals surface area contributed by atoms with Crippen molar-refractivity contribution in [1.29, 1.82) is 5.26 Å². The molecule has 0 saturated heterocycles. The summed E-state index contributed by atoms with van der Waals surface area (Å²) < 4.78 is 7.25. The maximum Gasteiger partial charge on any atom is 0.261 e. The van der Waals surface area contributed by atoms with Crippen molar-refractivity contribution >= 4 is 12.0 Å². The number of nitrogens with zero attached hydrogens (tertiary/aromatic N) is 3. The largest absolute Gasteiger partial charge is 0.490 e. The van der Waals surface area contributed by atoms with Gasteiger partial charge >= 0.3 is 0 Å². The summed E-state index contributed by atoms with van der Waals surface area (Å²) in [5.41, 5.74) is 3.03. The molecule has 6 heteroatoms. The van der Waals surface area contributed by atoms with Crippen LogP contribution in [-0.2, 0) is 4.79 Å². The summed E-state index contributed by atoms with van der Waals surface area (Å²) in [5.74, 6) is 0.274. The molecule has 0 aliphatic carbocycles. The Morgan fingerprint density at radius 3 is 2.59 bits per heavy atom. The van der Waals surface area contributed by atoms with Gasteiger partial charge in [-0.3, -0.25) is 4.79 Å². The first-order valence-electron chi connectivity index (χ1n) is 8.99. The number of likely N-dealkylation sites (N-methyl/N-ethyl adjacent to an activating group) is 1. The third kappa shape index (κ3) is 4.60. The average molecular weight is 384 g/mol. The van der Waals surface area contributed by atoms with Gasteiger partial charge in [-0.2, -0.15) is 10.4 Å². The Labute approximate surface area is 169 Å². The zero-order valence-electron chi connectivity index (χ0n) is 16.0. The molecule has 0 aliphatic heterocycles. The number of nitrogens with one attached hydrogen (secondary N) is 1. The number of amides is 1. The summed E-state index contributed by atoms with van der Waals surface area (Å²) in [5, 5.41) is 16.5. The second kappa shape index (κ2) is 9.20. The minimum atomic E-state index is -0.445. The third-order valence-electron chi connectivity index (χ3n) is 4.15. The molecule has 0 spiro atoms. The van der Waals surface area contributed by atoms with Gasteiger partial charge in [-0.1, -0.05) is 30.9 Å². The minimum Gasteiger partial charge on any atom is -0.490 e. The molecule has 3 aromatic rings. The van der Waals surface area contributed by atoms with Gasteiger partial charge in [0.15, 0.2) is 0 Å². The van der Waals surface area contributed by atoms with Crippen LogP contribution in [0.3, 0.4) is 0 Å². The quantitative estimate of drug-likeness (QED) is 0.382. The van der Waals surface area contributed by atoms with E-state index in [1.54, 1.807) is 23.0 Å². The smallest absolute Gasteiger partial charge is 0.261 e. The molecule has 3 rings (SSSR count). The number of rotatable bonds is 7. The number of nitriles is 1. The second-order valence-electron chi connectivity index (χ2n) is 6.09.